The molecular weight excluding hydrogens is 432 g/mol. The fourth-order valence-electron chi connectivity index (χ4n) is 3.06. The van der Waals surface area contributed by atoms with Gasteiger partial charge in [-0.05, 0) is 43.7 Å². The fraction of sp³-hybridized carbons (Fsp3) is 0.174. The lowest BCUT2D eigenvalue weighted by Crippen LogP contribution is -2.15. The molecule has 8 heteroatoms. The van der Waals surface area contributed by atoms with Crippen LogP contribution in [0.4, 0.5) is 5.69 Å². The predicted octanol–water partition coefficient (Wildman–Crippen LogP) is 5.59. The second-order valence-electron chi connectivity index (χ2n) is 7.13. The van der Waals surface area contributed by atoms with Crippen LogP contribution in [0.15, 0.2) is 70.4 Å². The van der Waals surface area contributed by atoms with Gasteiger partial charge in [0.05, 0.1) is 18.6 Å². The highest BCUT2D eigenvalue weighted by Gasteiger charge is 2.17. The van der Waals surface area contributed by atoms with Crippen LogP contribution < -0.4 is 5.32 Å². The smallest absolute Gasteiger partial charge is 0.234 e. The van der Waals surface area contributed by atoms with Crippen LogP contribution in [-0.4, -0.2) is 26.4 Å². The third-order valence-electron chi connectivity index (χ3n) is 4.73. The largest absolute Gasteiger partial charge is 0.467 e. The van der Waals surface area contributed by atoms with Crippen LogP contribution in [0.2, 0.25) is 5.02 Å². The highest BCUT2D eigenvalue weighted by molar-refractivity contribution is 7.99. The normalized spacial score (nSPS) is 10.9. The monoisotopic (exact) mass is 452 g/mol. The molecule has 4 rings (SSSR count). The minimum Gasteiger partial charge on any atom is -0.467 e. The van der Waals surface area contributed by atoms with Crippen molar-refractivity contribution in [1.29, 1.82) is 0 Å². The summed E-state index contributed by atoms with van der Waals surface area (Å²) in [5.74, 6) is 1.56. The molecule has 0 aliphatic carbocycles. The first kappa shape index (κ1) is 21.2. The molecule has 2 aromatic heterocycles. The third kappa shape index (κ3) is 5.18. The lowest BCUT2D eigenvalue weighted by molar-refractivity contribution is -0.113. The number of nitrogens with one attached hydrogen (secondary N) is 1. The standard InChI is InChI=1S/C23H21ClN4O2S/c1-15-5-8-17(9-6-15)22-26-27-23(28(22)13-19-4-3-11-30-19)31-14-21(29)25-20-12-18(24)10-7-16(20)2/h3-12H,13-14H2,1-2H3,(H,25,29). The summed E-state index contributed by atoms with van der Waals surface area (Å²) in [5.41, 5.74) is 3.78. The van der Waals surface area contributed by atoms with E-state index in [0.717, 1.165) is 22.7 Å². The zero-order valence-corrected chi connectivity index (χ0v) is 18.7. The molecule has 1 N–H and O–H groups in total. The molecule has 0 spiro atoms. The van der Waals surface area contributed by atoms with Crippen molar-refractivity contribution in [3.63, 3.8) is 0 Å². The number of benzene rings is 2. The zero-order valence-electron chi connectivity index (χ0n) is 17.1. The van der Waals surface area contributed by atoms with Gasteiger partial charge >= 0.3 is 0 Å². The molecule has 6 nitrogen and oxygen atoms in total. The van der Waals surface area contributed by atoms with Gasteiger partial charge in [-0.3, -0.25) is 9.36 Å². The van der Waals surface area contributed by atoms with Gasteiger partial charge in [-0.1, -0.05) is 59.3 Å². The lowest BCUT2D eigenvalue weighted by Gasteiger charge is -2.10. The van der Waals surface area contributed by atoms with Crippen molar-refractivity contribution in [2.45, 2.75) is 25.5 Å². The first-order valence-corrected chi connectivity index (χ1v) is 11.1. The minimum absolute atomic E-state index is 0.139. The molecule has 31 heavy (non-hydrogen) atoms. The molecule has 2 aromatic carbocycles. The summed E-state index contributed by atoms with van der Waals surface area (Å²) >= 11 is 7.37. The number of rotatable bonds is 7. The number of carbonyl (C=O) groups is 1. The summed E-state index contributed by atoms with van der Waals surface area (Å²) in [6, 6.07) is 17.3. The molecule has 158 valence electrons. The number of hydrogen-bond donors (Lipinski definition) is 1. The average Bonchev–Trinajstić information content (AvgIpc) is 3.40. The summed E-state index contributed by atoms with van der Waals surface area (Å²) in [5, 5.41) is 12.9. The van der Waals surface area contributed by atoms with Gasteiger partial charge in [-0.2, -0.15) is 0 Å². The number of anilines is 1. The van der Waals surface area contributed by atoms with E-state index < -0.39 is 0 Å². The van der Waals surface area contributed by atoms with E-state index in [1.54, 1.807) is 18.4 Å². The van der Waals surface area contributed by atoms with Crippen LogP contribution in [0, 0.1) is 13.8 Å². The quantitative estimate of drug-likeness (QED) is 0.370. The minimum atomic E-state index is -0.139. The SMILES string of the molecule is Cc1ccc(-c2nnc(SCC(=O)Nc3cc(Cl)ccc3C)n2Cc2ccco2)cc1. The van der Waals surface area contributed by atoms with Crippen molar-refractivity contribution in [1.82, 2.24) is 14.8 Å². The van der Waals surface area contributed by atoms with E-state index in [1.165, 1.54) is 17.3 Å². The van der Waals surface area contributed by atoms with Gasteiger partial charge in [0.15, 0.2) is 11.0 Å². The van der Waals surface area contributed by atoms with Gasteiger partial charge in [-0.25, -0.2) is 0 Å². The Morgan fingerprint density at radius 1 is 1.13 bits per heavy atom. The van der Waals surface area contributed by atoms with Crippen LogP contribution in [0.3, 0.4) is 0 Å². The number of furan rings is 1. The van der Waals surface area contributed by atoms with Gasteiger partial charge in [0.2, 0.25) is 5.91 Å². The van der Waals surface area contributed by atoms with Crippen LogP contribution in [0.25, 0.3) is 11.4 Å². The maximum absolute atomic E-state index is 12.5. The maximum atomic E-state index is 12.5. The molecule has 0 aliphatic heterocycles. The van der Waals surface area contributed by atoms with E-state index in [-0.39, 0.29) is 11.7 Å². The number of aryl methyl sites for hydroxylation is 2. The Balaban J connectivity index is 1.54. The Labute approximate surface area is 189 Å². The van der Waals surface area contributed by atoms with E-state index in [2.05, 4.69) is 15.5 Å². The van der Waals surface area contributed by atoms with Crippen molar-refractivity contribution in [3.05, 3.63) is 82.8 Å². The van der Waals surface area contributed by atoms with Crippen molar-refractivity contribution in [2.24, 2.45) is 0 Å². The Bertz CT molecular complexity index is 1190. The number of halogens is 1. The lowest BCUT2D eigenvalue weighted by atomic mass is 10.1. The highest BCUT2D eigenvalue weighted by Crippen LogP contribution is 2.26. The first-order chi connectivity index (χ1) is 15.0. The van der Waals surface area contributed by atoms with Gasteiger partial charge in [0, 0.05) is 16.3 Å². The Kier molecular flexibility index (Phi) is 6.44. The number of thioether (sulfide) groups is 1. The van der Waals surface area contributed by atoms with Crippen LogP contribution in [-0.2, 0) is 11.3 Å². The molecule has 2 heterocycles. The second-order valence-corrected chi connectivity index (χ2v) is 8.51. The molecule has 0 radical (unpaired) electrons. The molecule has 0 saturated heterocycles. The average molecular weight is 453 g/mol. The predicted molar refractivity (Wildman–Crippen MR) is 124 cm³/mol. The first-order valence-electron chi connectivity index (χ1n) is 9.71. The van der Waals surface area contributed by atoms with Crippen molar-refractivity contribution in [2.75, 3.05) is 11.1 Å². The number of hydrogen-bond acceptors (Lipinski definition) is 5. The molecule has 0 saturated carbocycles. The number of nitrogens with zero attached hydrogens (tertiary/aromatic N) is 3. The summed E-state index contributed by atoms with van der Waals surface area (Å²) < 4.78 is 7.49. The van der Waals surface area contributed by atoms with E-state index >= 15 is 0 Å². The van der Waals surface area contributed by atoms with E-state index in [1.807, 2.05) is 60.9 Å². The summed E-state index contributed by atoms with van der Waals surface area (Å²) in [6.07, 6.45) is 1.64. The summed E-state index contributed by atoms with van der Waals surface area (Å²) in [4.78, 5) is 12.5. The van der Waals surface area contributed by atoms with Crippen LogP contribution >= 0.6 is 23.4 Å². The molecule has 0 bridgehead atoms. The van der Waals surface area contributed by atoms with Crippen LogP contribution in [0.1, 0.15) is 16.9 Å². The fourth-order valence-corrected chi connectivity index (χ4v) is 3.97. The van der Waals surface area contributed by atoms with Gasteiger partial charge in [0.1, 0.15) is 5.76 Å². The van der Waals surface area contributed by atoms with E-state index in [4.69, 9.17) is 16.0 Å². The Morgan fingerprint density at radius 2 is 1.94 bits per heavy atom. The molecule has 4 aromatic rings. The molecule has 0 aliphatic rings. The van der Waals surface area contributed by atoms with Gasteiger partial charge in [-0.15, -0.1) is 10.2 Å². The highest BCUT2D eigenvalue weighted by atomic mass is 35.5. The summed E-state index contributed by atoms with van der Waals surface area (Å²) in [6.45, 7) is 4.44. The van der Waals surface area contributed by atoms with Crippen molar-refractivity contribution < 1.29 is 9.21 Å². The number of amides is 1. The van der Waals surface area contributed by atoms with Gasteiger partial charge in [0.25, 0.3) is 0 Å². The molecule has 0 fully saturated rings. The Hall–Kier alpha value is -3.03. The maximum Gasteiger partial charge on any atom is 0.234 e. The topological polar surface area (TPSA) is 73.0 Å². The molecule has 0 atom stereocenters. The van der Waals surface area contributed by atoms with E-state index in [9.17, 15) is 4.79 Å². The van der Waals surface area contributed by atoms with Crippen molar-refractivity contribution in [3.8, 4) is 11.4 Å². The molecular formula is C23H21ClN4O2S. The number of aromatic nitrogens is 3. The van der Waals surface area contributed by atoms with Gasteiger partial charge < -0.3 is 9.73 Å². The number of carbonyl (C=O) groups excluding carboxylic acids is 1. The zero-order chi connectivity index (χ0) is 21.8. The second kappa shape index (κ2) is 9.41. The summed E-state index contributed by atoms with van der Waals surface area (Å²) in [7, 11) is 0. The molecule has 1 amide bonds. The van der Waals surface area contributed by atoms with Crippen molar-refractivity contribution >= 4 is 35.0 Å². The molecule has 0 unspecified atom stereocenters. The van der Waals surface area contributed by atoms with Crippen LogP contribution in [0.5, 0.6) is 0 Å². The van der Waals surface area contributed by atoms with E-state index in [0.29, 0.717) is 22.4 Å². The Morgan fingerprint density at radius 3 is 2.68 bits per heavy atom. The third-order valence-corrected chi connectivity index (χ3v) is 5.93.